The van der Waals surface area contributed by atoms with Gasteiger partial charge in [-0.15, -0.1) is 0 Å². The van der Waals surface area contributed by atoms with Gasteiger partial charge in [-0.2, -0.15) is 5.10 Å². The van der Waals surface area contributed by atoms with Crippen molar-refractivity contribution >= 4 is 11.6 Å². The highest BCUT2D eigenvalue weighted by Gasteiger charge is 2.30. The minimum absolute atomic E-state index is 0.249. The second-order valence-electron chi connectivity index (χ2n) is 7.34. The molecule has 0 saturated heterocycles. The summed E-state index contributed by atoms with van der Waals surface area (Å²) in [7, 11) is 3.12. The van der Waals surface area contributed by atoms with Crippen LogP contribution in [-0.4, -0.2) is 25.8 Å². The minimum Gasteiger partial charge on any atom is -0.497 e. The number of ether oxygens (including phenoxy) is 2. The molecule has 25 heavy (non-hydrogen) atoms. The number of benzene rings is 1. The molecular weight excluding hydrogens is 316 g/mol. The minimum atomic E-state index is -0.249. The van der Waals surface area contributed by atoms with E-state index in [1.54, 1.807) is 32.4 Å². The molecule has 0 unspecified atom stereocenters. The zero-order valence-corrected chi connectivity index (χ0v) is 16.0. The van der Waals surface area contributed by atoms with E-state index < -0.39 is 0 Å². The monoisotopic (exact) mass is 346 g/mol. The molecule has 1 aromatic carbocycles. The van der Waals surface area contributed by atoms with Crippen LogP contribution in [0.25, 0.3) is 0 Å². The summed E-state index contributed by atoms with van der Waals surface area (Å²) in [5, 5.41) is 4.35. The molecule has 0 spiro atoms. The molecule has 0 aromatic heterocycles. The van der Waals surface area contributed by atoms with E-state index in [9.17, 15) is 4.79 Å². The number of nitrogens with one attached hydrogen (secondary N) is 1. The second-order valence-corrected chi connectivity index (χ2v) is 7.34. The molecule has 0 atom stereocenters. The summed E-state index contributed by atoms with van der Waals surface area (Å²) in [6, 6.07) is 5.09. The third-order valence-electron chi connectivity index (χ3n) is 5.51. The Balaban J connectivity index is 1.97. The van der Waals surface area contributed by atoms with Gasteiger partial charge in [-0.05, 0) is 49.1 Å². The van der Waals surface area contributed by atoms with Crippen LogP contribution in [0.1, 0.15) is 63.2 Å². The molecule has 1 amide bonds. The van der Waals surface area contributed by atoms with Gasteiger partial charge in [0.05, 0.1) is 14.2 Å². The van der Waals surface area contributed by atoms with E-state index in [-0.39, 0.29) is 5.91 Å². The predicted molar refractivity (Wildman–Crippen MR) is 100 cm³/mol. The molecule has 0 bridgehead atoms. The van der Waals surface area contributed by atoms with Crippen LogP contribution in [0, 0.1) is 11.3 Å². The Labute approximate surface area is 150 Å². The third-order valence-corrected chi connectivity index (χ3v) is 5.51. The summed E-state index contributed by atoms with van der Waals surface area (Å²) < 4.78 is 10.4. The van der Waals surface area contributed by atoms with Crippen molar-refractivity contribution in [3.63, 3.8) is 0 Å². The molecule has 0 heterocycles. The Morgan fingerprint density at radius 1 is 1.16 bits per heavy atom. The van der Waals surface area contributed by atoms with Gasteiger partial charge >= 0.3 is 0 Å². The number of hydrogen-bond donors (Lipinski definition) is 1. The fourth-order valence-corrected chi connectivity index (χ4v) is 3.27. The average molecular weight is 346 g/mol. The van der Waals surface area contributed by atoms with Gasteiger partial charge in [-0.1, -0.05) is 27.2 Å². The summed E-state index contributed by atoms with van der Waals surface area (Å²) in [4.78, 5) is 12.4. The lowest BCUT2D eigenvalue weighted by Gasteiger charge is -2.36. The maximum absolute atomic E-state index is 12.4. The van der Waals surface area contributed by atoms with E-state index in [1.807, 2.05) is 0 Å². The molecule has 1 aliphatic carbocycles. The molecule has 5 heteroatoms. The molecule has 1 aromatic rings. The van der Waals surface area contributed by atoms with Crippen molar-refractivity contribution in [2.75, 3.05) is 14.2 Å². The standard InChI is InChI=1S/C20H30N2O3/c1-6-20(2,3)15-7-9-16(10-8-15)21-22-19(23)14-11-17(24-4)13-18(12-14)25-5/h11-13,15H,6-10H2,1-5H3,(H,22,23). The quantitative estimate of drug-likeness (QED) is 0.776. The summed E-state index contributed by atoms with van der Waals surface area (Å²) in [6.45, 7) is 6.95. The van der Waals surface area contributed by atoms with Crippen molar-refractivity contribution in [3.05, 3.63) is 23.8 Å². The van der Waals surface area contributed by atoms with E-state index >= 15 is 0 Å². The van der Waals surface area contributed by atoms with Crippen LogP contribution >= 0.6 is 0 Å². The first-order valence-electron chi connectivity index (χ1n) is 8.98. The van der Waals surface area contributed by atoms with Crippen LogP contribution < -0.4 is 14.9 Å². The number of amides is 1. The van der Waals surface area contributed by atoms with Crippen LogP contribution in [0.3, 0.4) is 0 Å². The van der Waals surface area contributed by atoms with E-state index in [4.69, 9.17) is 9.47 Å². The molecule has 2 rings (SSSR count). The van der Waals surface area contributed by atoms with Crippen molar-refractivity contribution in [3.8, 4) is 11.5 Å². The van der Waals surface area contributed by atoms with Gasteiger partial charge in [0.2, 0.25) is 0 Å². The van der Waals surface area contributed by atoms with E-state index in [0.29, 0.717) is 22.5 Å². The van der Waals surface area contributed by atoms with Crippen LogP contribution in [0.15, 0.2) is 23.3 Å². The summed E-state index contributed by atoms with van der Waals surface area (Å²) in [6.07, 6.45) is 5.38. The fraction of sp³-hybridized carbons (Fsp3) is 0.600. The van der Waals surface area contributed by atoms with Gasteiger partial charge < -0.3 is 9.47 Å². The van der Waals surface area contributed by atoms with Gasteiger partial charge in [0.25, 0.3) is 5.91 Å². The zero-order valence-electron chi connectivity index (χ0n) is 16.0. The maximum Gasteiger partial charge on any atom is 0.271 e. The Hall–Kier alpha value is -2.04. The molecule has 0 aliphatic heterocycles. The third kappa shape index (κ3) is 4.97. The molecule has 1 aliphatic rings. The number of methoxy groups -OCH3 is 2. The number of carbonyl (C=O) groups is 1. The summed E-state index contributed by atoms with van der Waals surface area (Å²) in [5.74, 6) is 1.65. The summed E-state index contributed by atoms with van der Waals surface area (Å²) in [5.41, 5.74) is 4.61. The summed E-state index contributed by atoms with van der Waals surface area (Å²) >= 11 is 0. The molecule has 1 saturated carbocycles. The Morgan fingerprint density at radius 3 is 2.20 bits per heavy atom. The average Bonchev–Trinajstić information content (AvgIpc) is 2.65. The zero-order chi connectivity index (χ0) is 18.4. The van der Waals surface area contributed by atoms with Gasteiger partial charge in [-0.3, -0.25) is 4.79 Å². The second kappa shape index (κ2) is 8.37. The fourth-order valence-electron chi connectivity index (χ4n) is 3.27. The first kappa shape index (κ1) is 19.3. The largest absolute Gasteiger partial charge is 0.497 e. The van der Waals surface area contributed by atoms with Gasteiger partial charge in [0.1, 0.15) is 11.5 Å². The Kier molecular flexibility index (Phi) is 6.45. The van der Waals surface area contributed by atoms with E-state index in [1.165, 1.54) is 6.42 Å². The number of hydrazone groups is 1. The van der Waals surface area contributed by atoms with Gasteiger partial charge in [0, 0.05) is 17.3 Å². The highest BCUT2D eigenvalue weighted by atomic mass is 16.5. The van der Waals surface area contributed by atoms with Crippen LogP contribution in [0.4, 0.5) is 0 Å². The van der Waals surface area contributed by atoms with E-state index in [2.05, 4.69) is 31.3 Å². The number of nitrogens with zero attached hydrogens (tertiary/aromatic N) is 1. The topological polar surface area (TPSA) is 59.9 Å². The Morgan fingerprint density at radius 2 is 1.72 bits per heavy atom. The van der Waals surface area contributed by atoms with E-state index in [0.717, 1.165) is 37.3 Å². The van der Waals surface area contributed by atoms with Crippen LogP contribution in [-0.2, 0) is 0 Å². The van der Waals surface area contributed by atoms with Crippen LogP contribution in [0.5, 0.6) is 11.5 Å². The SMILES string of the molecule is CCC(C)(C)C1CCC(=NNC(=O)c2cc(OC)cc(OC)c2)CC1. The van der Waals surface area contributed by atoms with Gasteiger partial charge in [-0.25, -0.2) is 5.43 Å². The first-order valence-corrected chi connectivity index (χ1v) is 8.98. The number of hydrogen-bond acceptors (Lipinski definition) is 4. The van der Waals surface area contributed by atoms with Crippen molar-refractivity contribution in [2.24, 2.45) is 16.4 Å². The normalized spacial score (nSPS) is 17.8. The maximum atomic E-state index is 12.4. The molecule has 5 nitrogen and oxygen atoms in total. The molecule has 138 valence electrons. The lowest BCUT2D eigenvalue weighted by atomic mass is 9.69. The molecule has 1 fully saturated rings. The van der Waals surface area contributed by atoms with Gasteiger partial charge in [0.15, 0.2) is 0 Å². The first-order chi connectivity index (χ1) is 11.9. The highest BCUT2D eigenvalue weighted by Crippen LogP contribution is 2.39. The van der Waals surface area contributed by atoms with Crippen molar-refractivity contribution < 1.29 is 14.3 Å². The molecular formula is C20H30N2O3. The number of carbonyl (C=O) groups excluding carboxylic acids is 1. The van der Waals surface area contributed by atoms with Crippen molar-refractivity contribution in [2.45, 2.75) is 52.9 Å². The highest BCUT2D eigenvalue weighted by molar-refractivity contribution is 5.96. The van der Waals surface area contributed by atoms with Crippen LogP contribution in [0.2, 0.25) is 0 Å². The lowest BCUT2D eigenvalue weighted by molar-refractivity contribution is 0.0953. The predicted octanol–water partition coefficient (Wildman–Crippen LogP) is 4.42. The number of rotatable bonds is 6. The Bertz CT molecular complexity index is 606. The molecule has 1 N–H and O–H groups in total. The molecule has 0 radical (unpaired) electrons. The lowest BCUT2D eigenvalue weighted by Crippen LogP contribution is -2.29. The van der Waals surface area contributed by atoms with Crippen molar-refractivity contribution in [1.82, 2.24) is 5.43 Å². The van der Waals surface area contributed by atoms with Crippen molar-refractivity contribution in [1.29, 1.82) is 0 Å². The smallest absolute Gasteiger partial charge is 0.271 e.